The molecule has 4 fully saturated rings. The summed E-state index contributed by atoms with van der Waals surface area (Å²) in [6, 6.07) is 5.17. The summed E-state index contributed by atoms with van der Waals surface area (Å²) in [5, 5.41) is 7.14. The molecule has 6 rings (SSSR count). The Morgan fingerprint density at radius 2 is 1.75 bits per heavy atom. The normalized spacial score (nSPS) is 27.3. The molecule has 3 N–H and O–H groups in total. The fourth-order valence-electron chi connectivity index (χ4n) is 7.10. The smallest absolute Gasteiger partial charge is 0.408 e. The van der Waals surface area contributed by atoms with Crippen molar-refractivity contribution in [2.75, 3.05) is 13.7 Å². The van der Waals surface area contributed by atoms with E-state index in [0.29, 0.717) is 49.1 Å². The molecule has 4 aliphatic rings. The number of hydrogen-bond acceptors (Lipinski definition) is 11. The third-order valence-corrected chi connectivity index (χ3v) is 10.9. The third-order valence-electron chi connectivity index (χ3n) is 9.96. The van der Waals surface area contributed by atoms with Crippen LogP contribution in [0.5, 0.6) is 11.6 Å². The quantitative estimate of drug-likeness (QED) is 0.347. The van der Waals surface area contributed by atoms with Crippen LogP contribution in [0.1, 0.15) is 95.7 Å². The van der Waals surface area contributed by atoms with Gasteiger partial charge in [0.15, 0.2) is 0 Å². The van der Waals surface area contributed by atoms with Gasteiger partial charge < -0.3 is 29.7 Å². The zero-order chi connectivity index (χ0) is 37.3. The van der Waals surface area contributed by atoms with E-state index in [1.165, 1.54) is 4.90 Å². The highest BCUT2D eigenvalue weighted by Crippen LogP contribution is 2.48. The van der Waals surface area contributed by atoms with E-state index in [1.54, 1.807) is 40.1 Å². The van der Waals surface area contributed by atoms with Gasteiger partial charge in [-0.1, -0.05) is 32.1 Å². The van der Waals surface area contributed by atoms with Crippen LogP contribution in [0.4, 0.5) is 4.79 Å². The van der Waals surface area contributed by atoms with E-state index < -0.39 is 69.6 Å². The Balaban J connectivity index is 0.00000271. The summed E-state index contributed by atoms with van der Waals surface area (Å²) in [7, 11) is -2.81. The summed E-state index contributed by atoms with van der Waals surface area (Å²) < 4.78 is 49.7. The van der Waals surface area contributed by atoms with Gasteiger partial charge in [-0.2, -0.15) is 8.42 Å². The number of rotatable bonds is 8. The van der Waals surface area contributed by atoms with Gasteiger partial charge in [0.25, 0.3) is 5.91 Å². The van der Waals surface area contributed by atoms with Crippen LogP contribution in [0, 0.1) is 5.92 Å². The summed E-state index contributed by atoms with van der Waals surface area (Å²) in [4.78, 5) is 61.2. The van der Waals surface area contributed by atoms with Crippen molar-refractivity contribution >= 4 is 44.9 Å². The Morgan fingerprint density at radius 3 is 2.46 bits per heavy atom. The Kier molecular flexibility index (Phi) is 10.9. The highest BCUT2D eigenvalue weighted by molar-refractivity contribution is 7.85. The summed E-state index contributed by atoms with van der Waals surface area (Å²) in [6.45, 7) is 5.17. The maximum atomic E-state index is 14.4. The predicted octanol–water partition coefficient (Wildman–Crippen LogP) is 4.38. The van der Waals surface area contributed by atoms with Crippen LogP contribution in [0.15, 0.2) is 30.5 Å². The second-order valence-electron chi connectivity index (χ2n) is 15.3. The molecule has 4 amide bonds. The standard InChI is InChI=1S/C36H49N5O10S.3H2/c1-35(2,3)50-34(45)38-28-11-9-7-5-6-8-10-23-20-36(23,33(44)40-52(46,47)51-24-12-13-24)39-30(42)29-19-26(21-41(29)32(28)43)49-31-27-15-14-25(48-4)18-22(27)16-17-37-31;;;/h14-18,23-24,26,28-29H,5-13,19-21H2,1-4H3,(H,38,45)(H,39,42)(H,40,44);3*1H/t23-,26-,28+,29+,36-;;;/m1.../s1. The molecule has 1 aromatic heterocycles. The summed E-state index contributed by atoms with van der Waals surface area (Å²) >= 11 is 0. The molecule has 2 saturated carbocycles. The van der Waals surface area contributed by atoms with Crippen LogP contribution >= 0.6 is 0 Å². The molecule has 2 aromatic rings. The largest absolute Gasteiger partial charge is 0.497 e. The SMILES string of the molecule is COc1ccc2c(O[C@@H]3C[C@H]4C(=O)N[C@]5(C(=O)NS(=O)(=O)OC6CC6)C[C@H]5CCCCCCC[C@H](NC(=O)OC(C)(C)C)C(=O)N4C3)nccc2c1.[HH].[HH].[HH]. The third kappa shape index (κ3) is 9.06. The lowest BCUT2D eigenvalue weighted by atomic mass is 10.0. The van der Waals surface area contributed by atoms with Crippen molar-refractivity contribution < 1.29 is 50.3 Å². The van der Waals surface area contributed by atoms with Crippen LogP contribution in [0.25, 0.3) is 10.8 Å². The number of benzene rings is 1. The van der Waals surface area contributed by atoms with Gasteiger partial charge in [-0.3, -0.25) is 18.6 Å². The van der Waals surface area contributed by atoms with Gasteiger partial charge in [0.1, 0.15) is 35.1 Å². The first kappa shape index (κ1) is 37.6. The number of ether oxygens (including phenoxy) is 3. The van der Waals surface area contributed by atoms with Gasteiger partial charge in [-0.05, 0) is 88.4 Å². The number of pyridine rings is 1. The van der Waals surface area contributed by atoms with E-state index in [4.69, 9.17) is 18.4 Å². The minimum Gasteiger partial charge on any atom is -0.497 e. The molecule has 290 valence electrons. The van der Waals surface area contributed by atoms with Crippen LogP contribution in [0.3, 0.4) is 0 Å². The second kappa shape index (κ2) is 15.0. The molecule has 16 heteroatoms. The van der Waals surface area contributed by atoms with Crippen LogP contribution in [-0.4, -0.2) is 91.2 Å². The minimum absolute atomic E-state index is 0. The van der Waals surface area contributed by atoms with E-state index in [9.17, 15) is 27.6 Å². The average molecular weight is 750 g/mol. The van der Waals surface area contributed by atoms with Crippen LogP contribution in [0.2, 0.25) is 0 Å². The Bertz CT molecular complexity index is 1810. The number of amides is 4. The number of fused-ring (bicyclic) bond motifs is 3. The van der Waals surface area contributed by atoms with Crippen molar-refractivity contribution in [1.29, 1.82) is 0 Å². The minimum atomic E-state index is -4.39. The Labute approximate surface area is 308 Å². The van der Waals surface area contributed by atoms with Gasteiger partial charge in [-0.15, -0.1) is 0 Å². The van der Waals surface area contributed by atoms with Crippen molar-refractivity contribution in [2.24, 2.45) is 5.92 Å². The van der Waals surface area contributed by atoms with Crippen LogP contribution < -0.4 is 24.8 Å². The molecule has 2 aliphatic heterocycles. The molecule has 0 radical (unpaired) electrons. The number of nitrogens with one attached hydrogen (secondary N) is 3. The number of methoxy groups -OCH3 is 1. The summed E-state index contributed by atoms with van der Waals surface area (Å²) in [5.74, 6) is -1.31. The molecule has 0 unspecified atom stereocenters. The van der Waals surface area contributed by atoms with Crippen molar-refractivity contribution in [3.63, 3.8) is 0 Å². The molecule has 0 bridgehead atoms. The highest BCUT2D eigenvalue weighted by Gasteiger charge is 2.62. The molecule has 52 heavy (non-hydrogen) atoms. The molecule has 2 saturated heterocycles. The highest BCUT2D eigenvalue weighted by atomic mass is 32.2. The zero-order valence-corrected chi connectivity index (χ0v) is 31.0. The molecule has 3 heterocycles. The fourth-order valence-corrected chi connectivity index (χ4v) is 8.11. The number of carbonyl (C=O) groups excluding carboxylic acids is 4. The fraction of sp³-hybridized carbons (Fsp3) is 0.639. The van der Waals surface area contributed by atoms with E-state index >= 15 is 0 Å². The van der Waals surface area contributed by atoms with Crippen LogP contribution in [-0.2, 0) is 33.6 Å². The molecular weight excluding hydrogens is 694 g/mol. The maximum Gasteiger partial charge on any atom is 0.408 e. The summed E-state index contributed by atoms with van der Waals surface area (Å²) in [6.07, 6.45) is 6.04. The maximum absolute atomic E-state index is 14.4. The lowest BCUT2D eigenvalue weighted by molar-refractivity contribution is -0.141. The van der Waals surface area contributed by atoms with Gasteiger partial charge in [-0.25, -0.2) is 14.5 Å². The molecule has 1 aromatic carbocycles. The first-order chi connectivity index (χ1) is 24.7. The number of aromatic nitrogens is 1. The first-order valence-electron chi connectivity index (χ1n) is 18.1. The zero-order valence-electron chi connectivity index (χ0n) is 30.1. The predicted molar refractivity (Wildman–Crippen MR) is 195 cm³/mol. The van der Waals surface area contributed by atoms with E-state index in [2.05, 4.69) is 15.6 Å². The van der Waals surface area contributed by atoms with Crippen molar-refractivity contribution in [3.05, 3.63) is 30.5 Å². The molecule has 2 aliphatic carbocycles. The topological polar surface area (TPSA) is 192 Å². The van der Waals surface area contributed by atoms with Gasteiger partial charge in [0, 0.05) is 22.3 Å². The monoisotopic (exact) mass is 749 g/mol. The van der Waals surface area contributed by atoms with Crippen molar-refractivity contribution in [2.45, 2.75) is 127 Å². The lowest BCUT2D eigenvalue weighted by Crippen LogP contribution is -2.58. The van der Waals surface area contributed by atoms with Crippen molar-refractivity contribution in [3.8, 4) is 11.6 Å². The van der Waals surface area contributed by atoms with Gasteiger partial charge in [0.2, 0.25) is 17.7 Å². The van der Waals surface area contributed by atoms with Gasteiger partial charge >= 0.3 is 16.4 Å². The molecular formula is C36H55N5O10S. The second-order valence-corrected chi connectivity index (χ2v) is 16.6. The Hall–Kier alpha value is -4.18. The molecule has 15 nitrogen and oxygen atoms in total. The van der Waals surface area contributed by atoms with Crippen molar-refractivity contribution in [1.82, 2.24) is 25.2 Å². The summed E-state index contributed by atoms with van der Waals surface area (Å²) in [5.41, 5.74) is -2.29. The number of hydrogen-bond donors (Lipinski definition) is 3. The average Bonchev–Trinajstić information content (AvgIpc) is 3.98. The lowest BCUT2D eigenvalue weighted by Gasteiger charge is -2.30. The molecule has 5 atom stereocenters. The Morgan fingerprint density at radius 1 is 1.02 bits per heavy atom. The first-order valence-corrected chi connectivity index (χ1v) is 19.5. The van der Waals surface area contributed by atoms with Gasteiger partial charge in [0.05, 0.1) is 19.8 Å². The number of nitrogens with zero attached hydrogens (tertiary/aromatic N) is 2. The number of alkyl carbamates (subject to hydrolysis) is 1. The number of carbonyl (C=O) groups is 4. The van der Waals surface area contributed by atoms with E-state index in [-0.39, 0.29) is 29.6 Å². The van der Waals surface area contributed by atoms with E-state index in [1.807, 2.05) is 22.9 Å². The molecule has 0 spiro atoms. The van der Waals surface area contributed by atoms with E-state index in [0.717, 1.165) is 31.1 Å².